The van der Waals surface area contributed by atoms with E-state index >= 15 is 0 Å². The second kappa shape index (κ2) is 17.9. The number of ether oxygens (including phenoxy) is 2. The number of rotatable bonds is 17. The van der Waals surface area contributed by atoms with Gasteiger partial charge in [0.2, 0.25) is 0 Å². The van der Waals surface area contributed by atoms with Crippen molar-refractivity contribution < 1.29 is 14.6 Å². The molecule has 0 aliphatic heterocycles. The third-order valence-corrected chi connectivity index (χ3v) is 3.89. The molecule has 1 N–H and O–H groups in total. The smallest absolute Gasteiger partial charge is 0.0701 e. The summed E-state index contributed by atoms with van der Waals surface area (Å²) in [5, 5.41) is 8.62. The Labute approximate surface area is 132 Å². The van der Waals surface area contributed by atoms with E-state index in [1.54, 1.807) is 0 Å². The van der Waals surface area contributed by atoms with E-state index in [9.17, 15) is 0 Å². The molecule has 0 aromatic rings. The standard InChI is InChI=1S/C18H38O3/c1-3-5-7-8-10-12-18(11-9-6-4-2)17-21-16-15-20-14-13-19/h18-19H,3-17H2,1-2H3. The highest BCUT2D eigenvalue weighted by atomic mass is 16.5. The Balaban J connectivity index is 3.64. The van der Waals surface area contributed by atoms with Gasteiger partial charge in [-0.15, -0.1) is 0 Å². The van der Waals surface area contributed by atoms with Gasteiger partial charge in [-0.1, -0.05) is 65.2 Å². The first-order chi connectivity index (χ1) is 10.3. The van der Waals surface area contributed by atoms with Gasteiger partial charge in [-0.2, -0.15) is 0 Å². The Kier molecular flexibility index (Phi) is 17.8. The van der Waals surface area contributed by atoms with Crippen LogP contribution in [0.3, 0.4) is 0 Å². The highest BCUT2D eigenvalue weighted by Gasteiger charge is 2.08. The van der Waals surface area contributed by atoms with Crippen molar-refractivity contribution in [3.63, 3.8) is 0 Å². The third-order valence-electron chi connectivity index (χ3n) is 3.89. The van der Waals surface area contributed by atoms with Crippen LogP contribution in [0.1, 0.15) is 78.1 Å². The number of hydrogen-bond acceptors (Lipinski definition) is 3. The van der Waals surface area contributed by atoms with Crippen LogP contribution in [0.5, 0.6) is 0 Å². The zero-order chi connectivity index (χ0) is 15.6. The summed E-state index contributed by atoms with van der Waals surface area (Å²) < 4.78 is 11.0. The van der Waals surface area contributed by atoms with Crippen LogP contribution in [-0.4, -0.2) is 38.1 Å². The number of unbranched alkanes of at least 4 members (excludes halogenated alkanes) is 6. The quantitative estimate of drug-likeness (QED) is 0.400. The van der Waals surface area contributed by atoms with Crippen molar-refractivity contribution in [2.75, 3.05) is 33.0 Å². The van der Waals surface area contributed by atoms with Gasteiger partial charge in [-0.3, -0.25) is 0 Å². The predicted molar refractivity (Wildman–Crippen MR) is 89.7 cm³/mol. The molecule has 1 atom stereocenters. The van der Waals surface area contributed by atoms with Crippen LogP contribution < -0.4 is 0 Å². The monoisotopic (exact) mass is 302 g/mol. The van der Waals surface area contributed by atoms with Crippen molar-refractivity contribution in [1.29, 1.82) is 0 Å². The Morgan fingerprint density at radius 3 is 1.95 bits per heavy atom. The number of hydrogen-bond donors (Lipinski definition) is 1. The molecule has 0 rings (SSSR count). The minimum Gasteiger partial charge on any atom is -0.394 e. The molecule has 128 valence electrons. The summed E-state index contributed by atoms with van der Waals surface area (Å²) in [7, 11) is 0. The number of aliphatic hydroxyl groups is 1. The van der Waals surface area contributed by atoms with Crippen LogP contribution in [0.25, 0.3) is 0 Å². The molecule has 0 radical (unpaired) electrons. The van der Waals surface area contributed by atoms with Crippen LogP contribution in [0.4, 0.5) is 0 Å². The molecule has 0 aromatic carbocycles. The molecule has 0 aliphatic carbocycles. The average Bonchev–Trinajstić information content (AvgIpc) is 2.50. The van der Waals surface area contributed by atoms with Gasteiger partial charge in [0.15, 0.2) is 0 Å². The molecule has 21 heavy (non-hydrogen) atoms. The van der Waals surface area contributed by atoms with E-state index in [4.69, 9.17) is 14.6 Å². The second-order valence-corrected chi connectivity index (χ2v) is 5.98. The lowest BCUT2D eigenvalue weighted by Gasteiger charge is -2.17. The molecule has 0 fully saturated rings. The first-order valence-corrected chi connectivity index (χ1v) is 9.11. The molecule has 0 aliphatic rings. The predicted octanol–water partition coefficient (Wildman–Crippen LogP) is 4.57. The maximum atomic E-state index is 8.62. The summed E-state index contributed by atoms with van der Waals surface area (Å²) in [6.45, 7) is 7.16. The van der Waals surface area contributed by atoms with Gasteiger partial charge in [-0.05, 0) is 18.8 Å². The summed E-state index contributed by atoms with van der Waals surface area (Å²) >= 11 is 0. The third kappa shape index (κ3) is 16.1. The fourth-order valence-corrected chi connectivity index (χ4v) is 2.57. The maximum absolute atomic E-state index is 8.62. The largest absolute Gasteiger partial charge is 0.394 e. The summed E-state index contributed by atoms with van der Waals surface area (Å²) in [6, 6.07) is 0. The van der Waals surface area contributed by atoms with E-state index in [1.807, 2.05) is 0 Å². The average molecular weight is 302 g/mol. The van der Waals surface area contributed by atoms with Gasteiger partial charge in [0.1, 0.15) is 0 Å². The van der Waals surface area contributed by atoms with Gasteiger partial charge in [0, 0.05) is 6.61 Å². The lowest BCUT2D eigenvalue weighted by molar-refractivity contribution is 0.0195. The first-order valence-electron chi connectivity index (χ1n) is 9.11. The fraction of sp³-hybridized carbons (Fsp3) is 1.00. The van der Waals surface area contributed by atoms with Gasteiger partial charge < -0.3 is 14.6 Å². The highest BCUT2D eigenvalue weighted by Crippen LogP contribution is 2.18. The lowest BCUT2D eigenvalue weighted by Crippen LogP contribution is -2.14. The summed E-state index contributed by atoms with van der Waals surface area (Å²) in [5.41, 5.74) is 0. The van der Waals surface area contributed by atoms with Crippen molar-refractivity contribution in [1.82, 2.24) is 0 Å². The normalized spacial score (nSPS) is 12.7. The van der Waals surface area contributed by atoms with Crippen molar-refractivity contribution in [3.8, 4) is 0 Å². The Bertz CT molecular complexity index is 185. The molecule has 1 unspecified atom stereocenters. The minimum atomic E-state index is 0.0946. The van der Waals surface area contributed by atoms with E-state index in [-0.39, 0.29) is 6.61 Å². The van der Waals surface area contributed by atoms with Crippen LogP contribution in [0.2, 0.25) is 0 Å². The molecule has 0 bridgehead atoms. The summed E-state index contributed by atoms with van der Waals surface area (Å²) in [4.78, 5) is 0. The minimum absolute atomic E-state index is 0.0946. The van der Waals surface area contributed by atoms with Gasteiger partial charge in [0.05, 0.1) is 26.4 Å². The Morgan fingerprint density at radius 1 is 0.714 bits per heavy atom. The van der Waals surface area contributed by atoms with Gasteiger partial charge in [0.25, 0.3) is 0 Å². The maximum Gasteiger partial charge on any atom is 0.0701 e. The van der Waals surface area contributed by atoms with E-state index < -0.39 is 0 Å². The van der Waals surface area contributed by atoms with Crippen molar-refractivity contribution in [2.45, 2.75) is 78.1 Å². The summed E-state index contributed by atoms with van der Waals surface area (Å²) in [5.74, 6) is 0.719. The van der Waals surface area contributed by atoms with Crippen molar-refractivity contribution in [3.05, 3.63) is 0 Å². The van der Waals surface area contributed by atoms with Crippen molar-refractivity contribution >= 4 is 0 Å². The van der Waals surface area contributed by atoms with Crippen LogP contribution in [0, 0.1) is 5.92 Å². The second-order valence-electron chi connectivity index (χ2n) is 5.98. The molecular formula is C18H38O3. The molecule has 0 saturated carbocycles. The SMILES string of the molecule is CCCCCCCC(CCCCC)COCCOCCO. The first kappa shape index (κ1) is 20.9. The molecule has 0 aromatic heterocycles. The molecular weight excluding hydrogens is 264 g/mol. The molecule has 0 spiro atoms. The highest BCUT2D eigenvalue weighted by molar-refractivity contribution is 4.60. The van der Waals surface area contributed by atoms with Gasteiger partial charge >= 0.3 is 0 Å². The van der Waals surface area contributed by atoms with Crippen LogP contribution >= 0.6 is 0 Å². The van der Waals surface area contributed by atoms with Crippen LogP contribution in [-0.2, 0) is 9.47 Å². The molecule has 0 heterocycles. The lowest BCUT2D eigenvalue weighted by atomic mass is 9.95. The van der Waals surface area contributed by atoms with Crippen LogP contribution in [0.15, 0.2) is 0 Å². The number of aliphatic hydroxyl groups excluding tert-OH is 1. The van der Waals surface area contributed by atoms with E-state index in [2.05, 4.69) is 13.8 Å². The summed E-state index contributed by atoms with van der Waals surface area (Å²) in [6.07, 6.45) is 13.4. The van der Waals surface area contributed by atoms with Gasteiger partial charge in [-0.25, -0.2) is 0 Å². The Morgan fingerprint density at radius 2 is 1.29 bits per heavy atom. The zero-order valence-electron chi connectivity index (χ0n) is 14.4. The molecule has 0 amide bonds. The molecule has 3 heteroatoms. The fourth-order valence-electron chi connectivity index (χ4n) is 2.57. The Hall–Kier alpha value is -0.120. The topological polar surface area (TPSA) is 38.7 Å². The van der Waals surface area contributed by atoms with Crippen molar-refractivity contribution in [2.24, 2.45) is 5.92 Å². The van der Waals surface area contributed by atoms with E-state index in [1.165, 1.54) is 64.2 Å². The molecule has 0 saturated heterocycles. The van der Waals surface area contributed by atoms with E-state index in [0.29, 0.717) is 19.8 Å². The molecule has 3 nitrogen and oxygen atoms in total. The zero-order valence-corrected chi connectivity index (χ0v) is 14.4. The van der Waals surface area contributed by atoms with E-state index in [0.717, 1.165) is 12.5 Å².